The largest absolute Gasteiger partial charge is 0.0622 e. The highest BCUT2D eigenvalue weighted by molar-refractivity contribution is 6.24. The van der Waals surface area contributed by atoms with Gasteiger partial charge in [0.1, 0.15) is 0 Å². The highest BCUT2D eigenvalue weighted by atomic mass is 14.4. The molecule has 0 aromatic heterocycles. The van der Waals surface area contributed by atoms with Gasteiger partial charge in [0.15, 0.2) is 0 Å². The third-order valence-corrected chi connectivity index (χ3v) is 12.9. The van der Waals surface area contributed by atoms with Gasteiger partial charge in [-0.15, -0.1) is 0 Å². The standard InChI is InChI=1S/C54H40/c1-53(2)46-25-15-14-24-44(46)52-39-19-9-8-18-36(39)45(32-49(52)53)51-42-22-12-10-20-40(42)50(41-21-11-13-23-43(41)51)35-27-29-38-37-28-26-34(33-16-6-5-7-17-33)30-47(37)54(3,4)48(38)31-35/h5-32H,1-4H3. The van der Waals surface area contributed by atoms with Gasteiger partial charge in [-0.05, 0) is 128 Å². The quantitative estimate of drug-likeness (QED) is 0.162. The molecule has 2 aliphatic carbocycles. The van der Waals surface area contributed by atoms with Gasteiger partial charge in [-0.1, -0.05) is 179 Å². The molecule has 0 heteroatoms. The maximum atomic E-state index is 2.53. The molecule has 11 rings (SSSR count). The smallest absolute Gasteiger partial charge is 0.0159 e. The van der Waals surface area contributed by atoms with Crippen LogP contribution in [0.1, 0.15) is 49.9 Å². The lowest BCUT2D eigenvalue weighted by Crippen LogP contribution is -2.15. The molecule has 9 aromatic rings. The summed E-state index contributed by atoms with van der Waals surface area (Å²) in [5, 5.41) is 7.80. The highest BCUT2D eigenvalue weighted by Crippen LogP contribution is 2.56. The van der Waals surface area contributed by atoms with E-state index in [1.165, 1.54) is 110 Å². The first kappa shape index (κ1) is 31.3. The molecule has 0 radical (unpaired) electrons. The summed E-state index contributed by atoms with van der Waals surface area (Å²) in [7, 11) is 0. The van der Waals surface area contributed by atoms with E-state index in [2.05, 4.69) is 198 Å². The molecule has 0 nitrogen and oxygen atoms in total. The van der Waals surface area contributed by atoms with Crippen molar-refractivity contribution in [3.8, 4) is 55.6 Å². The summed E-state index contributed by atoms with van der Waals surface area (Å²) >= 11 is 0. The Kier molecular flexibility index (Phi) is 6.46. The van der Waals surface area contributed by atoms with Crippen LogP contribution in [0.25, 0.3) is 88.0 Å². The Morgan fingerprint density at radius 3 is 1.35 bits per heavy atom. The Morgan fingerprint density at radius 2 is 0.722 bits per heavy atom. The van der Waals surface area contributed by atoms with Crippen LogP contribution in [0.5, 0.6) is 0 Å². The van der Waals surface area contributed by atoms with Crippen molar-refractivity contribution in [1.29, 1.82) is 0 Å². The molecule has 0 N–H and O–H groups in total. The zero-order chi connectivity index (χ0) is 36.3. The molecule has 0 bridgehead atoms. The Bertz CT molecular complexity index is 2970. The van der Waals surface area contributed by atoms with E-state index in [0.717, 1.165) is 0 Å². The summed E-state index contributed by atoms with van der Waals surface area (Å²) in [6.45, 7) is 9.58. The highest BCUT2D eigenvalue weighted by Gasteiger charge is 2.38. The molecular formula is C54H40. The van der Waals surface area contributed by atoms with Crippen molar-refractivity contribution >= 4 is 32.3 Å². The molecule has 0 aliphatic heterocycles. The van der Waals surface area contributed by atoms with E-state index in [0.29, 0.717) is 0 Å². The Labute approximate surface area is 317 Å². The zero-order valence-electron chi connectivity index (χ0n) is 31.2. The van der Waals surface area contributed by atoms with Gasteiger partial charge in [0, 0.05) is 10.8 Å². The molecule has 0 heterocycles. The van der Waals surface area contributed by atoms with Crippen LogP contribution in [-0.2, 0) is 10.8 Å². The monoisotopic (exact) mass is 688 g/mol. The number of hydrogen-bond donors (Lipinski definition) is 0. The lowest BCUT2D eigenvalue weighted by Gasteiger charge is -2.25. The maximum absolute atomic E-state index is 2.53. The Balaban J connectivity index is 1.16. The summed E-state index contributed by atoms with van der Waals surface area (Å²) in [4.78, 5) is 0. The van der Waals surface area contributed by atoms with E-state index in [4.69, 9.17) is 0 Å². The van der Waals surface area contributed by atoms with Crippen molar-refractivity contribution in [2.75, 3.05) is 0 Å². The van der Waals surface area contributed by atoms with Crippen LogP contribution < -0.4 is 0 Å². The Morgan fingerprint density at radius 1 is 0.259 bits per heavy atom. The summed E-state index contributed by atoms with van der Waals surface area (Å²) in [6.07, 6.45) is 0. The van der Waals surface area contributed by atoms with E-state index < -0.39 is 0 Å². The van der Waals surface area contributed by atoms with E-state index in [1.807, 2.05) is 0 Å². The second-order valence-electron chi connectivity index (χ2n) is 16.4. The molecule has 0 saturated carbocycles. The van der Waals surface area contributed by atoms with Crippen molar-refractivity contribution in [2.45, 2.75) is 38.5 Å². The lowest BCUT2D eigenvalue weighted by atomic mass is 9.78. The van der Waals surface area contributed by atoms with Gasteiger partial charge < -0.3 is 0 Å². The third kappa shape index (κ3) is 4.20. The number of fused-ring (bicyclic) bond motifs is 10. The second-order valence-corrected chi connectivity index (χ2v) is 16.4. The van der Waals surface area contributed by atoms with Crippen LogP contribution in [0.4, 0.5) is 0 Å². The van der Waals surface area contributed by atoms with Crippen molar-refractivity contribution in [2.24, 2.45) is 0 Å². The molecule has 0 spiro atoms. The molecule has 54 heavy (non-hydrogen) atoms. The minimum absolute atomic E-state index is 0.104. The molecule has 0 saturated heterocycles. The summed E-state index contributed by atoms with van der Waals surface area (Å²) < 4.78 is 0. The SMILES string of the molecule is CC1(C)c2cc(-c3ccccc3)ccc2-c2ccc(-c3c4ccccc4c(-c4cc5c(c6ccccc46)-c4ccccc4C5(C)C)c4ccccc34)cc21. The molecule has 9 aromatic carbocycles. The predicted molar refractivity (Wildman–Crippen MR) is 230 cm³/mol. The topological polar surface area (TPSA) is 0 Å². The fourth-order valence-corrected chi connectivity index (χ4v) is 10.2. The first-order valence-electron chi connectivity index (χ1n) is 19.3. The second kappa shape index (κ2) is 11.1. The molecule has 2 aliphatic rings. The summed E-state index contributed by atoms with van der Waals surface area (Å²) in [6, 6.07) is 63.9. The van der Waals surface area contributed by atoms with Gasteiger partial charge in [0.05, 0.1) is 0 Å². The fraction of sp³-hybridized carbons (Fsp3) is 0.111. The van der Waals surface area contributed by atoms with E-state index >= 15 is 0 Å². The van der Waals surface area contributed by atoms with Crippen LogP contribution in [0.15, 0.2) is 170 Å². The molecule has 0 atom stereocenters. The van der Waals surface area contributed by atoms with Crippen LogP contribution in [0.2, 0.25) is 0 Å². The summed E-state index contributed by atoms with van der Waals surface area (Å²) in [5.74, 6) is 0. The summed E-state index contributed by atoms with van der Waals surface area (Å²) in [5.41, 5.74) is 18.5. The van der Waals surface area contributed by atoms with Gasteiger partial charge in [0.25, 0.3) is 0 Å². The van der Waals surface area contributed by atoms with Crippen LogP contribution in [0.3, 0.4) is 0 Å². The van der Waals surface area contributed by atoms with Crippen LogP contribution in [-0.4, -0.2) is 0 Å². The predicted octanol–water partition coefficient (Wildman–Crippen LogP) is 14.8. The first-order chi connectivity index (χ1) is 26.3. The normalized spacial score (nSPS) is 14.6. The average molecular weight is 689 g/mol. The van der Waals surface area contributed by atoms with E-state index in [1.54, 1.807) is 0 Å². The van der Waals surface area contributed by atoms with Crippen molar-refractivity contribution in [3.05, 3.63) is 192 Å². The fourth-order valence-electron chi connectivity index (χ4n) is 10.2. The van der Waals surface area contributed by atoms with Crippen LogP contribution in [0, 0.1) is 0 Å². The molecule has 0 amide bonds. The molecule has 256 valence electrons. The number of rotatable bonds is 3. The Hall–Kier alpha value is -6.24. The van der Waals surface area contributed by atoms with Crippen molar-refractivity contribution in [3.63, 3.8) is 0 Å². The first-order valence-corrected chi connectivity index (χ1v) is 19.3. The number of benzene rings is 9. The van der Waals surface area contributed by atoms with Crippen molar-refractivity contribution < 1.29 is 0 Å². The molecule has 0 fully saturated rings. The minimum atomic E-state index is -0.134. The zero-order valence-corrected chi connectivity index (χ0v) is 31.2. The van der Waals surface area contributed by atoms with Gasteiger partial charge >= 0.3 is 0 Å². The molecular weight excluding hydrogens is 649 g/mol. The average Bonchev–Trinajstić information content (AvgIpc) is 3.58. The number of hydrogen-bond acceptors (Lipinski definition) is 0. The van der Waals surface area contributed by atoms with Crippen LogP contribution >= 0.6 is 0 Å². The van der Waals surface area contributed by atoms with Gasteiger partial charge in [-0.25, -0.2) is 0 Å². The maximum Gasteiger partial charge on any atom is 0.0159 e. The molecule has 0 unspecified atom stereocenters. The minimum Gasteiger partial charge on any atom is -0.0622 e. The van der Waals surface area contributed by atoms with E-state index in [-0.39, 0.29) is 10.8 Å². The van der Waals surface area contributed by atoms with Gasteiger partial charge in [0.2, 0.25) is 0 Å². The third-order valence-electron chi connectivity index (χ3n) is 12.9. The van der Waals surface area contributed by atoms with Crippen molar-refractivity contribution in [1.82, 2.24) is 0 Å². The lowest BCUT2D eigenvalue weighted by molar-refractivity contribution is 0.661. The van der Waals surface area contributed by atoms with Gasteiger partial charge in [-0.2, -0.15) is 0 Å². The van der Waals surface area contributed by atoms with E-state index in [9.17, 15) is 0 Å². The van der Waals surface area contributed by atoms with Gasteiger partial charge in [-0.3, -0.25) is 0 Å².